The molecule has 23 heavy (non-hydrogen) atoms. The predicted octanol–water partition coefficient (Wildman–Crippen LogP) is 3.30. The molecular formula is C16H14Cl2N2O2S. The van der Waals surface area contributed by atoms with Crippen LogP contribution in [0.1, 0.15) is 16.5 Å². The molecule has 1 saturated heterocycles. The number of carbonyl (C=O) groups excluding carboxylic acids is 2. The van der Waals surface area contributed by atoms with E-state index in [-0.39, 0.29) is 18.2 Å². The van der Waals surface area contributed by atoms with Gasteiger partial charge >= 0.3 is 0 Å². The lowest BCUT2D eigenvalue weighted by molar-refractivity contribution is -0.143. The van der Waals surface area contributed by atoms with E-state index in [0.717, 1.165) is 4.88 Å². The van der Waals surface area contributed by atoms with Crippen LogP contribution in [0.25, 0.3) is 0 Å². The van der Waals surface area contributed by atoms with Crippen LogP contribution in [0.3, 0.4) is 0 Å². The molecule has 1 fully saturated rings. The average molecular weight is 369 g/mol. The number of carbonyl (C=O) groups is 2. The van der Waals surface area contributed by atoms with Crippen molar-refractivity contribution in [1.29, 1.82) is 0 Å². The maximum absolute atomic E-state index is 12.7. The Bertz CT molecular complexity index is 734. The molecule has 2 aromatic rings. The number of nitrogens with zero attached hydrogens (tertiary/aromatic N) is 1. The molecule has 1 atom stereocenters. The molecular weight excluding hydrogens is 355 g/mol. The molecule has 0 bridgehead atoms. The largest absolute Gasteiger partial charge is 0.352 e. The first-order chi connectivity index (χ1) is 11.1. The molecule has 1 aliphatic rings. The number of thiophene rings is 1. The number of hydrogen-bond acceptors (Lipinski definition) is 3. The zero-order valence-electron chi connectivity index (χ0n) is 12.1. The van der Waals surface area contributed by atoms with Gasteiger partial charge in [-0.15, -0.1) is 11.3 Å². The van der Waals surface area contributed by atoms with Crippen LogP contribution in [0.4, 0.5) is 0 Å². The first-order valence-corrected chi connectivity index (χ1v) is 8.74. The number of piperazine rings is 1. The zero-order valence-corrected chi connectivity index (χ0v) is 14.4. The van der Waals surface area contributed by atoms with Crippen molar-refractivity contribution in [1.82, 2.24) is 10.2 Å². The highest BCUT2D eigenvalue weighted by Crippen LogP contribution is 2.29. The highest BCUT2D eigenvalue weighted by atomic mass is 35.5. The fourth-order valence-corrected chi connectivity index (χ4v) is 3.90. The normalized spacial score (nSPS) is 17.9. The minimum absolute atomic E-state index is 0.123. The summed E-state index contributed by atoms with van der Waals surface area (Å²) in [5.41, 5.74) is 0.706. The molecule has 0 radical (unpaired) electrons. The van der Waals surface area contributed by atoms with Crippen LogP contribution in [0, 0.1) is 0 Å². The van der Waals surface area contributed by atoms with Gasteiger partial charge in [-0.1, -0.05) is 35.3 Å². The summed E-state index contributed by atoms with van der Waals surface area (Å²) in [5, 5.41) is 5.70. The molecule has 0 unspecified atom stereocenters. The van der Waals surface area contributed by atoms with Crippen molar-refractivity contribution in [2.45, 2.75) is 12.5 Å². The third-order valence-corrected chi connectivity index (χ3v) is 5.21. The van der Waals surface area contributed by atoms with E-state index in [1.807, 2.05) is 17.5 Å². The Morgan fingerprint density at radius 2 is 2.17 bits per heavy atom. The molecule has 7 heteroatoms. The second-order valence-electron chi connectivity index (χ2n) is 5.21. The quantitative estimate of drug-likeness (QED) is 0.903. The van der Waals surface area contributed by atoms with Gasteiger partial charge in [0.1, 0.15) is 6.04 Å². The molecule has 1 aliphatic heterocycles. The Morgan fingerprint density at radius 1 is 1.35 bits per heavy atom. The van der Waals surface area contributed by atoms with E-state index in [1.165, 1.54) is 11.3 Å². The van der Waals surface area contributed by atoms with Gasteiger partial charge < -0.3 is 10.2 Å². The van der Waals surface area contributed by atoms with E-state index in [1.54, 1.807) is 23.1 Å². The Balaban J connectivity index is 1.83. The Hall–Kier alpha value is -1.56. The van der Waals surface area contributed by atoms with Crippen LogP contribution < -0.4 is 5.32 Å². The first kappa shape index (κ1) is 16.3. The van der Waals surface area contributed by atoms with E-state index in [4.69, 9.17) is 23.2 Å². The van der Waals surface area contributed by atoms with Gasteiger partial charge in [0.2, 0.25) is 11.8 Å². The van der Waals surface area contributed by atoms with Gasteiger partial charge in [0, 0.05) is 28.0 Å². The number of amides is 2. The summed E-state index contributed by atoms with van der Waals surface area (Å²) in [6.45, 7) is 0.944. The first-order valence-electron chi connectivity index (χ1n) is 7.11. The molecule has 2 heterocycles. The highest BCUT2D eigenvalue weighted by Gasteiger charge is 2.34. The standard InChI is InChI=1S/C16H14Cl2N2O2S/c17-11-4-3-10(12(18)9-11)8-14(21)20-6-5-19-16(22)15(20)13-2-1-7-23-13/h1-4,7,9,15H,5-6,8H2,(H,19,22)/t15-/m0/s1. The van der Waals surface area contributed by atoms with Gasteiger partial charge in [-0.25, -0.2) is 0 Å². The average Bonchev–Trinajstić information content (AvgIpc) is 3.03. The molecule has 1 aromatic heterocycles. The van der Waals surface area contributed by atoms with Crippen molar-refractivity contribution in [2.24, 2.45) is 0 Å². The molecule has 0 spiro atoms. The molecule has 3 rings (SSSR count). The lowest BCUT2D eigenvalue weighted by Gasteiger charge is -2.34. The van der Waals surface area contributed by atoms with Crippen molar-refractivity contribution in [2.75, 3.05) is 13.1 Å². The minimum Gasteiger partial charge on any atom is -0.352 e. The van der Waals surface area contributed by atoms with Crippen LogP contribution in [-0.2, 0) is 16.0 Å². The Morgan fingerprint density at radius 3 is 2.87 bits per heavy atom. The van der Waals surface area contributed by atoms with E-state index >= 15 is 0 Å². The van der Waals surface area contributed by atoms with E-state index in [9.17, 15) is 9.59 Å². The monoisotopic (exact) mass is 368 g/mol. The second-order valence-corrected chi connectivity index (χ2v) is 7.03. The SMILES string of the molecule is O=C1NCCN(C(=O)Cc2ccc(Cl)cc2Cl)[C@H]1c1cccs1. The van der Waals surface area contributed by atoms with Crippen molar-refractivity contribution in [3.8, 4) is 0 Å². The number of benzene rings is 1. The third-order valence-electron chi connectivity index (χ3n) is 3.70. The summed E-state index contributed by atoms with van der Waals surface area (Å²) >= 11 is 13.5. The maximum Gasteiger partial charge on any atom is 0.248 e. The van der Waals surface area contributed by atoms with Gasteiger partial charge in [-0.2, -0.15) is 0 Å². The molecule has 120 valence electrons. The van der Waals surface area contributed by atoms with Gasteiger partial charge in [-0.3, -0.25) is 9.59 Å². The molecule has 0 saturated carbocycles. The smallest absolute Gasteiger partial charge is 0.248 e. The summed E-state index contributed by atoms with van der Waals surface area (Å²) in [6, 6.07) is 8.24. The van der Waals surface area contributed by atoms with Gasteiger partial charge in [-0.05, 0) is 29.1 Å². The van der Waals surface area contributed by atoms with Gasteiger partial charge in [0.05, 0.1) is 6.42 Å². The molecule has 4 nitrogen and oxygen atoms in total. The molecule has 2 amide bonds. The molecule has 1 N–H and O–H groups in total. The minimum atomic E-state index is -0.567. The summed E-state index contributed by atoms with van der Waals surface area (Å²) < 4.78 is 0. The fraction of sp³-hybridized carbons (Fsp3) is 0.250. The van der Waals surface area contributed by atoms with Crippen molar-refractivity contribution in [3.05, 3.63) is 56.2 Å². The van der Waals surface area contributed by atoms with Crippen LogP contribution in [-0.4, -0.2) is 29.8 Å². The van der Waals surface area contributed by atoms with Crippen LogP contribution in [0.5, 0.6) is 0 Å². The number of rotatable bonds is 3. The van der Waals surface area contributed by atoms with Gasteiger partial charge in [0.15, 0.2) is 0 Å². The predicted molar refractivity (Wildman–Crippen MR) is 91.9 cm³/mol. The van der Waals surface area contributed by atoms with Crippen LogP contribution in [0.2, 0.25) is 10.0 Å². The second kappa shape index (κ2) is 6.91. The van der Waals surface area contributed by atoms with Crippen LogP contribution >= 0.6 is 34.5 Å². The van der Waals surface area contributed by atoms with Crippen molar-refractivity contribution in [3.63, 3.8) is 0 Å². The fourth-order valence-electron chi connectivity index (χ4n) is 2.59. The summed E-state index contributed by atoms with van der Waals surface area (Å²) in [4.78, 5) is 27.4. The van der Waals surface area contributed by atoms with E-state index in [0.29, 0.717) is 28.7 Å². The van der Waals surface area contributed by atoms with E-state index in [2.05, 4.69) is 5.32 Å². The highest BCUT2D eigenvalue weighted by molar-refractivity contribution is 7.10. The van der Waals surface area contributed by atoms with E-state index < -0.39 is 6.04 Å². The third kappa shape index (κ3) is 3.52. The zero-order chi connectivity index (χ0) is 16.4. The van der Waals surface area contributed by atoms with Gasteiger partial charge in [0.25, 0.3) is 0 Å². The van der Waals surface area contributed by atoms with Crippen LogP contribution in [0.15, 0.2) is 35.7 Å². The number of nitrogens with one attached hydrogen (secondary N) is 1. The molecule has 1 aromatic carbocycles. The topological polar surface area (TPSA) is 49.4 Å². The van der Waals surface area contributed by atoms with Crippen molar-refractivity contribution < 1.29 is 9.59 Å². The summed E-state index contributed by atoms with van der Waals surface area (Å²) in [7, 11) is 0. The number of halogens is 2. The maximum atomic E-state index is 12.7. The summed E-state index contributed by atoms with van der Waals surface area (Å²) in [6.07, 6.45) is 0.144. The lowest BCUT2D eigenvalue weighted by Crippen LogP contribution is -2.52. The van der Waals surface area contributed by atoms with Crippen molar-refractivity contribution >= 4 is 46.4 Å². The Labute approximate surface area is 148 Å². The lowest BCUT2D eigenvalue weighted by atomic mass is 10.1. The summed E-state index contributed by atoms with van der Waals surface area (Å²) in [5.74, 6) is -0.267. The number of hydrogen-bond donors (Lipinski definition) is 1. The Kier molecular flexibility index (Phi) is 4.90. The molecule has 0 aliphatic carbocycles.